The molecule has 0 fully saturated rings. The van der Waals surface area contributed by atoms with E-state index in [1.807, 2.05) is 18.2 Å². The number of rotatable bonds is 2. The number of aryl methyl sites for hydroxylation is 1. The number of nitrogens with two attached hydrogens (primary N) is 1. The van der Waals surface area contributed by atoms with E-state index in [-0.39, 0.29) is 0 Å². The number of ether oxygens (including phenoxy) is 1. The van der Waals surface area contributed by atoms with Crippen molar-refractivity contribution in [3.8, 4) is 5.75 Å². The number of nitrogens with zero attached hydrogens (tertiary/aromatic N) is 1. The Morgan fingerprint density at radius 3 is 2.94 bits per heavy atom. The summed E-state index contributed by atoms with van der Waals surface area (Å²) in [6, 6.07) is 5.82. The molecule has 0 atom stereocenters. The number of hydrogen-bond donors (Lipinski definition) is 1. The minimum Gasteiger partial charge on any atom is -0.493 e. The Kier molecular flexibility index (Phi) is 3.50. The molecule has 2 rings (SSSR count). The van der Waals surface area contributed by atoms with E-state index in [0.29, 0.717) is 6.54 Å². The molecule has 0 spiro atoms. The van der Waals surface area contributed by atoms with Crippen molar-refractivity contribution < 1.29 is 14.3 Å². The van der Waals surface area contributed by atoms with Gasteiger partial charge in [0.15, 0.2) is 0 Å². The second-order valence-electron chi connectivity index (χ2n) is 4.42. The Morgan fingerprint density at radius 2 is 2.22 bits per heavy atom. The number of benzene rings is 1. The zero-order valence-electron chi connectivity index (χ0n) is 10.3. The van der Waals surface area contributed by atoms with Crippen molar-refractivity contribution in [1.82, 2.24) is 4.90 Å². The first-order valence-corrected chi connectivity index (χ1v) is 5.87. The topological polar surface area (TPSA) is 72.6 Å². The summed E-state index contributed by atoms with van der Waals surface area (Å²) in [5.74, 6) is -0.698. The van der Waals surface area contributed by atoms with Crippen LogP contribution in [0.15, 0.2) is 18.2 Å². The van der Waals surface area contributed by atoms with Gasteiger partial charge < -0.3 is 15.4 Å². The third-order valence-electron chi connectivity index (χ3n) is 2.95. The first kappa shape index (κ1) is 12.4. The van der Waals surface area contributed by atoms with Gasteiger partial charge >= 0.3 is 11.8 Å². The van der Waals surface area contributed by atoms with Crippen molar-refractivity contribution in [1.29, 1.82) is 0 Å². The largest absolute Gasteiger partial charge is 0.493 e. The molecule has 0 bridgehead atoms. The van der Waals surface area contributed by atoms with Gasteiger partial charge in [-0.2, -0.15) is 0 Å². The minimum absolute atomic E-state index is 0.370. The average molecular weight is 248 g/mol. The fourth-order valence-electron chi connectivity index (χ4n) is 2.05. The number of likely N-dealkylation sites (N-methyl/N-ethyl adjacent to an activating group) is 1. The predicted molar refractivity (Wildman–Crippen MR) is 65.9 cm³/mol. The lowest BCUT2D eigenvalue weighted by Gasteiger charge is -2.20. The maximum Gasteiger partial charge on any atom is 0.311 e. The van der Waals surface area contributed by atoms with Crippen LogP contribution in [0.5, 0.6) is 5.75 Å². The molecule has 5 heteroatoms. The van der Waals surface area contributed by atoms with Crippen LogP contribution < -0.4 is 10.5 Å². The minimum atomic E-state index is -0.932. The van der Waals surface area contributed by atoms with Crippen molar-refractivity contribution in [2.24, 2.45) is 5.73 Å². The molecule has 2 amide bonds. The number of fused-ring (bicyclic) bond motifs is 1. The summed E-state index contributed by atoms with van der Waals surface area (Å²) in [6.45, 7) is 1.13. The van der Waals surface area contributed by atoms with E-state index in [1.54, 1.807) is 7.05 Å². The van der Waals surface area contributed by atoms with Crippen LogP contribution in [0, 0.1) is 0 Å². The first-order valence-electron chi connectivity index (χ1n) is 5.87. The average Bonchev–Trinajstić information content (AvgIpc) is 2.37. The monoisotopic (exact) mass is 248 g/mol. The summed E-state index contributed by atoms with van der Waals surface area (Å²) < 4.78 is 5.51. The van der Waals surface area contributed by atoms with E-state index in [9.17, 15) is 9.59 Å². The standard InChI is InChI=1S/C13H16N2O3/c1-15(13(17)12(14)16)8-9-4-5-11-10(7-9)3-2-6-18-11/h4-5,7H,2-3,6,8H2,1H3,(H2,14,16). The van der Waals surface area contributed by atoms with Crippen LogP contribution in [0.1, 0.15) is 17.5 Å². The van der Waals surface area contributed by atoms with Gasteiger partial charge in [0.05, 0.1) is 6.61 Å². The van der Waals surface area contributed by atoms with Crippen LogP contribution in [0.3, 0.4) is 0 Å². The number of carbonyl (C=O) groups is 2. The Bertz CT molecular complexity index is 485. The molecular formula is C13H16N2O3. The number of amides is 2. The Balaban J connectivity index is 2.10. The van der Waals surface area contributed by atoms with Gasteiger partial charge in [0.2, 0.25) is 0 Å². The van der Waals surface area contributed by atoms with Crippen LogP contribution in [0.25, 0.3) is 0 Å². The third-order valence-corrected chi connectivity index (χ3v) is 2.95. The van der Waals surface area contributed by atoms with Crippen molar-refractivity contribution in [2.75, 3.05) is 13.7 Å². The van der Waals surface area contributed by atoms with Crippen LogP contribution >= 0.6 is 0 Å². The van der Waals surface area contributed by atoms with E-state index >= 15 is 0 Å². The van der Waals surface area contributed by atoms with Crippen LogP contribution in [-0.2, 0) is 22.6 Å². The summed E-state index contributed by atoms with van der Waals surface area (Å²) in [6.07, 6.45) is 1.99. The first-order chi connectivity index (χ1) is 8.58. The van der Waals surface area contributed by atoms with Gasteiger partial charge in [-0.15, -0.1) is 0 Å². The highest BCUT2D eigenvalue weighted by atomic mass is 16.5. The normalized spacial score (nSPS) is 13.4. The molecule has 0 saturated heterocycles. The Morgan fingerprint density at radius 1 is 1.44 bits per heavy atom. The summed E-state index contributed by atoms with van der Waals surface area (Å²) >= 11 is 0. The highest BCUT2D eigenvalue weighted by Crippen LogP contribution is 2.25. The van der Waals surface area contributed by atoms with E-state index < -0.39 is 11.8 Å². The van der Waals surface area contributed by atoms with Gasteiger partial charge in [-0.3, -0.25) is 9.59 Å². The van der Waals surface area contributed by atoms with E-state index in [1.165, 1.54) is 4.90 Å². The molecule has 0 aliphatic carbocycles. The van der Waals surface area contributed by atoms with E-state index in [0.717, 1.165) is 36.3 Å². The molecule has 1 aliphatic rings. The Hall–Kier alpha value is -2.04. The summed E-state index contributed by atoms with van der Waals surface area (Å²) in [5.41, 5.74) is 7.07. The lowest BCUT2D eigenvalue weighted by Crippen LogP contribution is -2.37. The molecule has 0 unspecified atom stereocenters. The van der Waals surface area contributed by atoms with Crippen molar-refractivity contribution in [2.45, 2.75) is 19.4 Å². The van der Waals surface area contributed by atoms with E-state index in [4.69, 9.17) is 10.5 Å². The number of primary amides is 1. The molecule has 0 aromatic heterocycles. The van der Waals surface area contributed by atoms with Crippen LogP contribution in [-0.4, -0.2) is 30.4 Å². The summed E-state index contributed by atoms with van der Waals surface area (Å²) in [5, 5.41) is 0. The lowest BCUT2D eigenvalue weighted by molar-refractivity contribution is -0.143. The highest BCUT2D eigenvalue weighted by molar-refractivity contribution is 6.34. The SMILES string of the molecule is CN(Cc1ccc2c(c1)CCCO2)C(=O)C(N)=O. The second kappa shape index (κ2) is 5.08. The molecule has 0 radical (unpaired) electrons. The molecule has 5 nitrogen and oxygen atoms in total. The summed E-state index contributed by atoms with van der Waals surface area (Å²) in [7, 11) is 1.56. The quantitative estimate of drug-likeness (QED) is 0.772. The predicted octanol–water partition coefficient (Wildman–Crippen LogP) is 0.455. The molecule has 1 aromatic carbocycles. The molecule has 1 aromatic rings. The van der Waals surface area contributed by atoms with Gasteiger partial charge in [-0.25, -0.2) is 0 Å². The third kappa shape index (κ3) is 2.61. The van der Waals surface area contributed by atoms with Crippen LogP contribution in [0.2, 0.25) is 0 Å². The van der Waals surface area contributed by atoms with Gasteiger partial charge in [-0.05, 0) is 30.0 Å². The molecule has 0 saturated carbocycles. The number of carbonyl (C=O) groups excluding carboxylic acids is 2. The molecule has 96 valence electrons. The molecule has 1 heterocycles. The maximum absolute atomic E-state index is 11.4. The zero-order valence-corrected chi connectivity index (χ0v) is 10.3. The van der Waals surface area contributed by atoms with Gasteiger partial charge in [0.25, 0.3) is 0 Å². The summed E-state index contributed by atoms with van der Waals surface area (Å²) in [4.78, 5) is 23.5. The number of hydrogen-bond acceptors (Lipinski definition) is 3. The smallest absolute Gasteiger partial charge is 0.311 e. The Labute approximate surface area is 106 Å². The van der Waals surface area contributed by atoms with Gasteiger partial charge in [-0.1, -0.05) is 12.1 Å². The highest BCUT2D eigenvalue weighted by Gasteiger charge is 2.16. The molecular weight excluding hydrogens is 232 g/mol. The lowest BCUT2D eigenvalue weighted by atomic mass is 10.0. The van der Waals surface area contributed by atoms with Crippen LogP contribution in [0.4, 0.5) is 0 Å². The molecule has 18 heavy (non-hydrogen) atoms. The molecule has 1 aliphatic heterocycles. The molecule has 2 N–H and O–H groups in total. The fourth-order valence-corrected chi connectivity index (χ4v) is 2.05. The maximum atomic E-state index is 11.4. The van der Waals surface area contributed by atoms with Gasteiger partial charge in [0.1, 0.15) is 5.75 Å². The van der Waals surface area contributed by atoms with E-state index in [2.05, 4.69) is 0 Å². The van der Waals surface area contributed by atoms with Gasteiger partial charge in [0, 0.05) is 13.6 Å². The second-order valence-corrected chi connectivity index (χ2v) is 4.42. The van der Waals surface area contributed by atoms with Crippen molar-refractivity contribution in [3.63, 3.8) is 0 Å². The van der Waals surface area contributed by atoms with Crippen molar-refractivity contribution in [3.05, 3.63) is 29.3 Å². The zero-order chi connectivity index (χ0) is 13.1. The fraction of sp³-hybridized carbons (Fsp3) is 0.385. The van der Waals surface area contributed by atoms with Crippen molar-refractivity contribution >= 4 is 11.8 Å².